The fourth-order valence-corrected chi connectivity index (χ4v) is 6.44. The fourth-order valence-electron chi connectivity index (χ4n) is 5.08. The molecule has 0 unspecified atom stereocenters. The number of thiophene rings is 2. The van der Waals surface area contributed by atoms with Crippen LogP contribution in [0.2, 0.25) is 5.02 Å². The third-order valence-electron chi connectivity index (χ3n) is 8.13. The molecule has 0 spiro atoms. The Kier molecular flexibility index (Phi) is 13.9. The summed E-state index contributed by atoms with van der Waals surface area (Å²) in [6, 6.07) is 31.3. The fraction of sp³-hybridized carbons (Fsp3) is 0.114. The lowest BCUT2D eigenvalue weighted by atomic mass is 9.96. The molecule has 2 aromatic carbocycles. The Morgan fingerprint density at radius 3 is 1.85 bits per heavy atom. The van der Waals surface area contributed by atoms with E-state index in [0.717, 1.165) is 21.8 Å². The SMILES string of the molecule is CC(C)(C)C(=O)n1ccc(C=Cc2cccs2)n1.CNC(=O)n1ccc(C=Cc2cccs2)n1.O=C(c1ccc(Cl)cc1)n1ccc(-c2cc(-c3ccccc3)no2)n1. The summed E-state index contributed by atoms with van der Waals surface area (Å²) in [7, 11) is 1.57. The number of benzene rings is 2. The van der Waals surface area contributed by atoms with Crippen LogP contribution in [0.25, 0.3) is 47.0 Å². The Labute approximate surface area is 353 Å². The van der Waals surface area contributed by atoms with E-state index in [1.807, 2.05) is 116 Å². The predicted octanol–water partition coefficient (Wildman–Crippen LogP) is 10.7. The first-order valence-electron chi connectivity index (χ1n) is 18.2. The van der Waals surface area contributed by atoms with Crippen LogP contribution < -0.4 is 5.32 Å². The van der Waals surface area contributed by atoms with Crippen molar-refractivity contribution < 1.29 is 18.9 Å². The van der Waals surface area contributed by atoms with Gasteiger partial charge in [-0.15, -0.1) is 22.7 Å². The van der Waals surface area contributed by atoms with Crippen LogP contribution in [0.3, 0.4) is 0 Å². The zero-order chi connectivity index (χ0) is 41.8. The molecule has 0 fully saturated rings. The topological polar surface area (TPSA) is 143 Å². The highest BCUT2D eigenvalue weighted by Gasteiger charge is 2.23. The molecule has 0 aliphatic carbocycles. The molecule has 0 atom stereocenters. The monoisotopic (exact) mass is 842 g/mol. The first-order chi connectivity index (χ1) is 28.5. The molecule has 12 nitrogen and oxygen atoms in total. The second kappa shape index (κ2) is 19.6. The summed E-state index contributed by atoms with van der Waals surface area (Å²) >= 11 is 9.18. The normalized spacial score (nSPS) is 11.2. The van der Waals surface area contributed by atoms with E-state index in [-0.39, 0.29) is 17.8 Å². The Morgan fingerprint density at radius 1 is 0.678 bits per heavy atom. The summed E-state index contributed by atoms with van der Waals surface area (Å²) in [6.45, 7) is 5.66. The van der Waals surface area contributed by atoms with Gasteiger partial charge in [0.15, 0.2) is 5.76 Å². The third kappa shape index (κ3) is 11.7. The van der Waals surface area contributed by atoms with Gasteiger partial charge in [0.1, 0.15) is 11.4 Å². The number of aromatic nitrogens is 7. The van der Waals surface area contributed by atoms with E-state index in [0.29, 0.717) is 27.7 Å². The molecule has 0 saturated heterocycles. The molecule has 0 bridgehead atoms. The van der Waals surface area contributed by atoms with Crippen LogP contribution in [0.5, 0.6) is 0 Å². The van der Waals surface area contributed by atoms with Gasteiger partial charge in [-0.2, -0.15) is 20.0 Å². The van der Waals surface area contributed by atoms with Gasteiger partial charge in [0.2, 0.25) is 0 Å². The molecular formula is C44H39ClN8O4S2. The first-order valence-corrected chi connectivity index (χ1v) is 20.3. The number of rotatable bonds is 7. The van der Waals surface area contributed by atoms with Crippen LogP contribution in [-0.4, -0.2) is 59.4 Å². The second-order valence-corrected chi connectivity index (χ2v) is 16.0. The Hall–Kier alpha value is -6.74. The van der Waals surface area contributed by atoms with Crippen molar-refractivity contribution in [2.45, 2.75) is 20.8 Å². The highest BCUT2D eigenvalue weighted by atomic mass is 35.5. The summed E-state index contributed by atoms with van der Waals surface area (Å²) in [4.78, 5) is 38.0. The van der Waals surface area contributed by atoms with Crippen molar-refractivity contribution in [2.75, 3.05) is 7.05 Å². The molecule has 1 N–H and O–H groups in total. The van der Waals surface area contributed by atoms with Gasteiger partial charge in [-0.3, -0.25) is 9.59 Å². The minimum absolute atomic E-state index is 0.00160. The van der Waals surface area contributed by atoms with Crippen LogP contribution in [-0.2, 0) is 0 Å². The number of carbonyl (C=O) groups excluding carboxylic acids is 3. The lowest BCUT2D eigenvalue weighted by molar-refractivity contribution is 0.0748. The number of hydrogen-bond acceptors (Lipinski definition) is 10. The molecule has 0 aliphatic rings. The standard InChI is InChI=1S/C19H12ClN3O2.C14H16N2OS.C11H11N3OS/c20-15-8-6-14(7-9-15)19(24)23-11-10-16(21-23)18-12-17(22-25-18)13-4-2-1-3-5-13;1-14(2,3)13(17)16-9-8-11(15-16)6-7-12-5-4-10-18-12;1-12-11(15)14-7-6-9(13-14)4-5-10-3-2-8-16-10/h1-12H;4-10H,1-3H3;2-8H,1H3,(H,12,15). The Morgan fingerprint density at radius 2 is 1.27 bits per heavy atom. The predicted molar refractivity (Wildman–Crippen MR) is 235 cm³/mol. The third-order valence-corrected chi connectivity index (χ3v) is 10.1. The van der Waals surface area contributed by atoms with Crippen molar-refractivity contribution in [3.05, 3.63) is 164 Å². The quantitative estimate of drug-likeness (QED) is 0.167. The number of nitrogens with zero attached hydrogens (tertiary/aromatic N) is 7. The van der Waals surface area contributed by atoms with E-state index in [2.05, 4.69) is 25.8 Å². The van der Waals surface area contributed by atoms with Crippen molar-refractivity contribution >= 4 is 76.4 Å². The van der Waals surface area contributed by atoms with Crippen LogP contribution in [0, 0.1) is 5.41 Å². The van der Waals surface area contributed by atoms with Crippen molar-refractivity contribution in [1.29, 1.82) is 0 Å². The van der Waals surface area contributed by atoms with E-state index < -0.39 is 5.41 Å². The molecular weight excluding hydrogens is 804 g/mol. The Balaban J connectivity index is 0.000000154. The van der Waals surface area contributed by atoms with Crippen molar-refractivity contribution in [2.24, 2.45) is 5.41 Å². The van der Waals surface area contributed by atoms with Crippen molar-refractivity contribution in [3.63, 3.8) is 0 Å². The molecule has 0 radical (unpaired) electrons. The van der Waals surface area contributed by atoms with E-state index in [1.165, 1.54) is 18.9 Å². The van der Waals surface area contributed by atoms with Crippen LogP contribution in [0.1, 0.15) is 57.1 Å². The summed E-state index contributed by atoms with van der Waals surface area (Å²) in [5.41, 5.74) is 3.85. The van der Waals surface area contributed by atoms with E-state index in [4.69, 9.17) is 16.1 Å². The lowest BCUT2D eigenvalue weighted by Gasteiger charge is -2.15. The molecule has 6 heterocycles. The average molecular weight is 843 g/mol. The second-order valence-electron chi connectivity index (χ2n) is 13.6. The minimum Gasteiger partial charge on any atom is -0.354 e. The van der Waals surface area contributed by atoms with E-state index in [9.17, 15) is 14.4 Å². The maximum atomic E-state index is 12.4. The van der Waals surface area contributed by atoms with Crippen LogP contribution in [0.4, 0.5) is 4.79 Å². The molecule has 15 heteroatoms. The van der Waals surface area contributed by atoms with Gasteiger partial charge in [0.05, 0.1) is 11.4 Å². The smallest absolute Gasteiger partial charge is 0.341 e. The van der Waals surface area contributed by atoms with Gasteiger partial charge in [-0.05, 0) is 89.7 Å². The van der Waals surface area contributed by atoms with Gasteiger partial charge in [0, 0.05) is 63.0 Å². The zero-order valence-corrected chi connectivity index (χ0v) is 34.9. The lowest BCUT2D eigenvalue weighted by Crippen LogP contribution is -2.27. The highest BCUT2D eigenvalue weighted by molar-refractivity contribution is 7.11. The number of halogens is 1. The van der Waals surface area contributed by atoms with Gasteiger partial charge in [0.25, 0.3) is 11.8 Å². The van der Waals surface area contributed by atoms with Gasteiger partial charge >= 0.3 is 6.03 Å². The summed E-state index contributed by atoms with van der Waals surface area (Å²) < 4.78 is 9.31. The van der Waals surface area contributed by atoms with E-state index in [1.54, 1.807) is 90.8 Å². The number of carbonyl (C=O) groups is 3. The molecule has 8 aromatic rings. The summed E-state index contributed by atoms with van der Waals surface area (Å²) in [5, 5.41) is 23.8. The number of hydrogen-bond donors (Lipinski definition) is 1. The van der Waals surface area contributed by atoms with Gasteiger partial charge < -0.3 is 9.84 Å². The zero-order valence-electron chi connectivity index (χ0n) is 32.5. The van der Waals surface area contributed by atoms with Gasteiger partial charge in [-0.1, -0.05) is 80.0 Å². The van der Waals surface area contributed by atoms with E-state index >= 15 is 0 Å². The average Bonchev–Trinajstić information content (AvgIpc) is 4.10. The maximum absolute atomic E-state index is 12.4. The highest BCUT2D eigenvalue weighted by Crippen LogP contribution is 2.25. The molecule has 59 heavy (non-hydrogen) atoms. The molecule has 1 amide bonds. The molecule has 6 aromatic heterocycles. The Bertz CT molecular complexity index is 2650. The van der Waals surface area contributed by atoms with Crippen molar-refractivity contribution in [3.8, 4) is 22.7 Å². The minimum atomic E-state index is -0.416. The summed E-state index contributed by atoms with van der Waals surface area (Å²) in [6.07, 6.45) is 12.7. The van der Waals surface area contributed by atoms with Crippen LogP contribution in [0.15, 0.2) is 137 Å². The molecule has 8 rings (SSSR count). The number of amides is 1. The van der Waals surface area contributed by atoms with Gasteiger partial charge in [-0.25, -0.2) is 14.2 Å². The maximum Gasteiger partial charge on any atom is 0.341 e. The van der Waals surface area contributed by atoms with Crippen LogP contribution >= 0.6 is 34.3 Å². The first kappa shape index (κ1) is 41.9. The molecule has 298 valence electrons. The number of nitrogens with one attached hydrogen (secondary N) is 1. The summed E-state index contributed by atoms with van der Waals surface area (Å²) in [5.74, 6) is 0.255. The van der Waals surface area contributed by atoms with Crippen molar-refractivity contribution in [1.82, 2.24) is 39.8 Å². The molecule has 0 saturated carbocycles. The molecule has 0 aliphatic heterocycles. The largest absolute Gasteiger partial charge is 0.354 e.